The van der Waals surface area contributed by atoms with Gasteiger partial charge >= 0.3 is 6.18 Å². The molecule has 1 aliphatic heterocycles. The molecular formula is C21H20F4N8. The van der Waals surface area contributed by atoms with E-state index in [1.54, 1.807) is 12.1 Å². The number of benzene rings is 1. The number of nitrogens with one attached hydrogen (secondary N) is 3. The molecule has 0 bridgehead atoms. The van der Waals surface area contributed by atoms with Crippen molar-refractivity contribution in [2.24, 2.45) is 5.10 Å². The summed E-state index contributed by atoms with van der Waals surface area (Å²) in [5.41, 5.74) is 3.16. The third kappa shape index (κ3) is 5.92. The molecule has 1 saturated heterocycles. The minimum Gasteiger partial charge on any atom is -0.355 e. The van der Waals surface area contributed by atoms with Crippen molar-refractivity contribution in [2.75, 3.05) is 41.8 Å². The summed E-state index contributed by atoms with van der Waals surface area (Å²) in [4.78, 5) is 14.1. The fourth-order valence-corrected chi connectivity index (χ4v) is 3.20. The second-order valence-corrected chi connectivity index (χ2v) is 7.15. The molecule has 0 saturated carbocycles. The van der Waals surface area contributed by atoms with Crippen LogP contribution in [0.5, 0.6) is 0 Å². The van der Waals surface area contributed by atoms with E-state index in [0.29, 0.717) is 24.5 Å². The first kappa shape index (κ1) is 22.4. The highest BCUT2D eigenvalue weighted by Crippen LogP contribution is 2.31. The van der Waals surface area contributed by atoms with Crippen molar-refractivity contribution < 1.29 is 17.6 Å². The quantitative estimate of drug-likeness (QED) is 0.294. The number of hydrogen-bond donors (Lipinski definition) is 3. The van der Waals surface area contributed by atoms with Gasteiger partial charge in [0.2, 0.25) is 5.95 Å². The Labute approximate surface area is 186 Å². The van der Waals surface area contributed by atoms with Crippen molar-refractivity contribution in [1.82, 2.24) is 20.3 Å². The van der Waals surface area contributed by atoms with E-state index in [-0.39, 0.29) is 17.5 Å². The van der Waals surface area contributed by atoms with Gasteiger partial charge < -0.3 is 15.5 Å². The van der Waals surface area contributed by atoms with Crippen molar-refractivity contribution in [2.45, 2.75) is 6.18 Å². The zero-order chi connectivity index (χ0) is 23.3. The third-order valence-corrected chi connectivity index (χ3v) is 4.76. The first-order chi connectivity index (χ1) is 15.9. The Bertz CT molecular complexity index is 1130. The highest BCUT2D eigenvalue weighted by Gasteiger charge is 2.30. The third-order valence-electron chi connectivity index (χ3n) is 4.76. The van der Waals surface area contributed by atoms with Gasteiger partial charge in [0.05, 0.1) is 23.7 Å². The van der Waals surface area contributed by atoms with Gasteiger partial charge in [0.1, 0.15) is 0 Å². The van der Waals surface area contributed by atoms with Crippen molar-refractivity contribution in [3.63, 3.8) is 0 Å². The predicted octanol–water partition coefficient (Wildman–Crippen LogP) is 3.63. The van der Waals surface area contributed by atoms with Gasteiger partial charge in [-0.2, -0.15) is 23.3 Å². The number of nitrogens with zero attached hydrogens (tertiary/aromatic N) is 5. The van der Waals surface area contributed by atoms with Crippen LogP contribution in [0.25, 0.3) is 0 Å². The SMILES string of the molecule is Fc1cnc(N/N=C/c2cc(Nc3cccc(C(F)(F)F)c3)ccn2)nc1N1CCNCC1. The smallest absolute Gasteiger partial charge is 0.355 e. The van der Waals surface area contributed by atoms with Crippen LogP contribution >= 0.6 is 0 Å². The van der Waals surface area contributed by atoms with Gasteiger partial charge in [0, 0.05) is 43.8 Å². The number of hydrazone groups is 1. The Balaban J connectivity index is 1.42. The average Bonchev–Trinajstić information content (AvgIpc) is 2.81. The van der Waals surface area contributed by atoms with Crippen molar-refractivity contribution in [3.8, 4) is 0 Å². The van der Waals surface area contributed by atoms with Crippen LogP contribution in [0.1, 0.15) is 11.3 Å². The van der Waals surface area contributed by atoms with Gasteiger partial charge in [0.15, 0.2) is 11.6 Å². The molecule has 0 radical (unpaired) electrons. The largest absolute Gasteiger partial charge is 0.416 e. The van der Waals surface area contributed by atoms with Gasteiger partial charge in [0.25, 0.3) is 0 Å². The average molecular weight is 460 g/mol. The Morgan fingerprint density at radius 2 is 1.85 bits per heavy atom. The summed E-state index contributed by atoms with van der Waals surface area (Å²) in [7, 11) is 0. The van der Waals surface area contributed by atoms with E-state index in [1.165, 1.54) is 24.5 Å². The van der Waals surface area contributed by atoms with Crippen molar-refractivity contribution >= 4 is 29.4 Å². The van der Waals surface area contributed by atoms with Crippen LogP contribution in [-0.2, 0) is 6.18 Å². The first-order valence-corrected chi connectivity index (χ1v) is 10.1. The molecule has 2 aromatic heterocycles. The molecule has 4 rings (SSSR count). The van der Waals surface area contributed by atoms with Crippen molar-refractivity contribution in [1.29, 1.82) is 0 Å². The Morgan fingerprint density at radius 3 is 2.64 bits per heavy atom. The fraction of sp³-hybridized carbons (Fsp3) is 0.238. The number of hydrogen-bond acceptors (Lipinski definition) is 8. The lowest BCUT2D eigenvalue weighted by molar-refractivity contribution is -0.137. The Hall–Kier alpha value is -3.80. The van der Waals surface area contributed by atoms with Gasteiger partial charge in [-0.05, 0) is 30.3 Å². The lowest BCUT2D eigenvalue weighted by Gasteiger charge is -2.28. The number of pyridine rings is 1. The lowest BCUT2D eigenvalue weighted by Crippen LogP contribution is -2.44. The summed E-state index contributed by atoms with van der Waals surface area (Å²) in [6.07, 6.45) is -0.449. The van der Waals surface area contributed by atoms with Gasteiger partial charge in [-0.25, -0.2) is 14.8 Å². The second-order valence-electron chi connectivity index (χ2n) is 7.15. The standard InChI is InChI=1S/C21H20F4N8/c22-18-13-28-20(31-19(18)33-8-6-26-7-9-33)32-29-12-17-11-16(4-5-27-17)30-15-3-1-2-14(10-15)21(23,24)25/h1-5,10-13,26H,6-9H2,(H,27,30)(H,28,31,32)/b29-12+. The Kier molecular flexibility index (Phi) is 6.63. The summed E-state index contributed by atoms with van der Waals surface area (Å²) in [6, 6.07) is 8.13. The molecule has 0 spiro atoms. The topological polar surface area (TPSA) is 90.4 Å². The van der Waals surface area contributed by atoms with Crippen LogP contribution in [0, 0.1) is 5.82 Å². The van der Waals surface area contributed by atoms with E-state index in [0.717, 1.165) is 31.4 Å². The number of piperazine rings is 1. The van der Waals surface area contributed by atoms with Crippen LogP contribution < -0.4 is 21.0 Å². The molecule has 3 aromatic rings. The maximum Gasteiger partial charge on any atom is 0.416 e. The van der Waals surface area contributed by atoms with E-state index in [4.69, 9.17) is 0 Å². The van der Waals surface area contributed by atoms with Gasteiger partial charge in [-0.1, -0.05) is 6.07 Å². The molecule has 3 heterocycles. The molecule has 12 heteroatoms. The number of aromatic nitrogens is 3. The van der Waals surface area contributed by atoms with Gasteiger partial charge in [-0.15, -0.1) is 0 Å². The number of anilines is 4. The zero-order valence-corrected chi connectivity index (χ0v) is 17.3. The van der Waals surface area contributed by atoms with E-state index in [2.05, 4.69) is 36.1 Å². The van der Waals surface area contributed by atoms with Gasteiger partial charge in [-0.3, -0.25) is 4.98 Å². The summed E-state index contributed by atoms with van der Waals surface area (Å²) in [5.74, 6) is -0.185. The van der Waals surface area contributed by atoms with Crippen LogP contribution in [-0.4, -0.2) is 47.3 Å². The predicted molar refractivity (Wildman–Crippen MR) is 117 cm³/mol. The molecule has 0 amide bonds. The molecular weight excluding hydrogens is 440 g/mol. The van der Waals surface area contributed by atoms with Crippen LogP contribution in [0.4, 0.5) is 40.7 Å². The minimum atomic E-state index is -4.42. The zero-order valence-electron chi connectivity index (χ0n) is 17.3. The van der Waals surface area contributed by atoms with Crippen LogP contribution in [0.2, 0.25) is 0 Å². The molecule has 1 aromatic carbocycles. The second kappa shape index (κ2) is 9.77. The molecule has 3 N–H and O–H groups in total. The van der Waals surface area contributed by atoms with E-state index >= 15 is 0 Å². The molecule has 33 heavy (non-hydrogen) atoms. The molecule has 1 aliphatic rings. The summed E-state index contributed by atoms with van der Waals surface area (Å²) in [6.45, 7) is 2.74. The maximum atomic E-state index is 14.1. The number of alkyl halides is 3. The van der Waals surface area contributed by atoms with E-state index < -0.39 is 17.6 Å². The molecule has 8 nitrogen and oxygen atoms in total. The number of rotatable bonds is 6. The van der Waals surface area contributed by atoms with Crippen LogP contribution in [0.3, 0.4) is 0 Å². The normalized spacial score (nSPS) is 14.5. The van der Waals surface area contributed by atoms with E-state index in [1.807, 2.05) is 4.90 Å². The Morgan fingerprint density at radius 1 is 1.06 bits per heavy atom. The molecule has 1 fully saturated rings. The summed E-state index contributed by atoms with van der Waals surface area (Å²) < 4.78 is 52.8. The highest BCUT2D eigenvalue weighted by atomic mass is 19.4. The van der Waals surface area contributed by atoms with Crippen molar-refractivity contribution in [3.05, 3.63) is 65.9 Å². The summed E-state index contributed by atoms with van der Waals surface area (Å²) in [5, 5.41) is 10.1. The molecule has 172 valence electrons. The summed E-state index contributed by atoms with van der Waals surface area (Å²) >= 11 is 0. The molecule has 0 atom stereocenters. The van der Waals surface area contributed by atoms with E-state index in [9.17, 15) is 17.6 Å². The number of halogens is 4. The molecule has 0 unspecified atom stereocenters. The monoisotopic (exact) mass is 460 g/mol. The fourth-order valence-electron chi connectivity index (χ4n) is 3.20. The minimum absolute atomic E-state index is 0.124. The van der Waals surface area contributed by atoms with Crippen LogP contribution in [0.15, 0.2) is 53.9 Å². The molecule has 0 aliphatic carbocycles. The first-order valence-electron chi connectivity index (χ1n) is 10.1. The highest BCUT2D eigenvalue weighted by molar-refractivity contribution is 5.79. The maximum absolute atomic E-state index is 14.1. The lowest BCUT2D eigenvalue weighted by atomic mass is 10.2.